The number of terminal acetylenes is 1. The standard InChI is InChI=1S/C25H29N3O2/c1-3-15-27(18-21-11-9-20(2)10-12-21)19-24(29)28-16-13-22(14-17-28)25(30)26-23-7-5-4-6-8-23/h1,4-12,22H,13-19H2,2H3,(H,26,30). The number of hydrogen-bond donors (Lipinski definition) is 1. The number of aryl methyl sites for hydroxylation is 1. The van der Waals surface area contributed by atoms with Crippen LogP contribution in [0.3, 0.4) is 0 Å². The molecule has 0 spiro atoms. The van der Waals surface area contributed by atoms with Crippen LogP contribution in [0.4, 0.5) is 5.69 Å². The Balaban J connectivity index is 1.49. The Morgan fingerprint density at radius 2 is 1.77 bits per heavy atom. The van der Waals surface area contributed by atoms with Gasteiger partial charge in [-0.15, -0.1) is 6.42 Å². The smallest absolute Gasteiger partial charge is 0.236 e. The molecule has 0 saturated carbocycles. The highest BCUT2D eigenvalue weighted by Gasteiger charge is 2.28. The maximum atomic E-state index is 12.8. The van der Waals surface area contributed by atoms with E-state index in [1.165, 1.54) is 5.56 Å². The van der Waals surface area contributed by atoms with Gasteiger partial charge in [0.1, 0.15) is 0 Å². The summed E-state index contributed by atoms with van der Waals surface area (Å²) in [6, 6.07) is 17.7. The highest BCUT2D eigenvalue weighted by molar-refractivity contribution is 5.92. The number of nitrogens with one attached hydrogen (secondary N) is 1. The van der Waals surface area contributed by atoms with E-state index in [-0.39, 0.29) is 17.7 Å². The molecule has 2 aromatic rings. The molecule has 0 aromatic heterocycles. The van der Waals surface area contributed by atoms with Crippen LogP contribution < -0.4 is 5.32 Å². The Hall–Kier alpha value is -3.10. The van der Waals surface area contributed by atoms with Crippen molar-refractivity contribution in [2.45, 2.75) is 26.3 Å². The summed E-state index contributed by atoms with van der Waals surface area (Å²) in [7, 11) is 0. The Bertz CT molecular complexity index is 879. The Morgan fingerprint density at radius 3 is 2.40 bits per heavy atom. The van der Waals surface area contributed by atoms with Crippen molar-refractivity contribution >= 4 is 17.5 Å². The lowest BCUT2D eigenvalue weighted by Gasteiger charge is -2.33. The number of hydrogen-bond acceptors (Lipinski definition) is 3. The number of likely N-dealkylation sites (tertiary alicyclic amines) is 1. The average molecular weight is 404 g/mol. The fourth-order valence-electron chi connectivity index (χ4n) is 3.70. The first-order valence-corrected chi connectivity index (χ1v) is 10.4. The van der Waals surface area contributed by atoms with Crippen molar-refractivity contribution in [3.05, 3.63) is 65.7 Å². The van der Waals surface area contributed by atoms with Crippen LogP contribution in [-0.2, 0) is 16.1 Å². The summed E-state index contributed by atoms with van der Waals surface area (Å²) in [5.74, 6) is 2.69. The fraction of sp³-hybridized carbons (Fsp3) is 0.360. The van der Waals surface area contributed by atoms with Crippen LogP contribution in [0.5, 0.6) is 0 Å². The molecule has 1 fully saturated rings. The number of amides is 2. The monoisotopic (exact) mass is 403 g/mol. The lowest BCUT2D eigenvalue weighted by atomic mass is 9.95. The molecule has 2 amide bonds. The SMILES string of the molecule is C#CCN(CC(=O)N1CCC(C(=O)Nc2ccccc2)CC1)Cc1ccc(C)cc1. The molecule has 0 unspecified atom stereocenters. The molecular formula is C25H29N3O2. The predicted molar refractivity (Wildman–Crippen MR) is 120 cm³/mol. The second-order valence-electron chi connectivity index (χ2n) is 7.85. The van der Waals surface area contributed by atoms with Crippen molar-refractivity contribution in [3.63, 3.8) is 0 Å². The molecular weight excluding hydrogens is 374 g/mol. The number of carbonyl (C=O) groups excluding carboxylic acids is 2. The van der Waals surface area contributed by atoms with Gasteiger partial charge in [0.15, 0.2) is 0 Å². The summed E-state index contributed by atoms with van der Waals surface area (Å²) >= 11 is 0. The Morgan fingerprint density at radius 1 is 1.10 bits per heavy atom. The summed E-state index contributed by atoms with van der Waals surface area (Å²) in [4.78, 5) is 29.1. The third kappa shape index (κ3) is 6.20. The minimum absolute atomic E-state index is 0.0293. The van der Waals surface area contributed by atoms with Crippen LogP contribution in [0, 0.1) is 25.2 Å². The first kappa shape index (κ1) is 21.6. The molecule has 0 atom stereocenters. The van der Waals surface area contributed by atoms with Crippen LogP contribution in [0.15, 0.2) is 54.6 Å². The predicted octanol–water partition coefficient (Wildman–Crippen LogP) is 3.31. The second kappa shape index (κ2) is 10.6. The van der Waals surface area contributed by atoms with E-state index in [9.17, 15) is 9.59 Å². The molecule has 0 bridgehead atoms. The van der Waals surface area contributed by atoms with Crippen molar-refractivity contribution in [2.24, 2.45) is 5.92 Å². The minimum Gasteiger partial charge on any atom is -0.342 e. The molecule has 1 aliphatic rings. The quantitative estimate of drug-likeness (QED) is 0.722. The number of nitrogens with zero attached hydrogens (tertiary/aromatic N) is 2. The number of benzene rings is 2. The number of carbonyl (C=O) groups is 2. The van der Waals surface area contributed by atoms with Crippen molar-refractivity contribution < 1.29 is 9.59 Å². The fourth-order valence-corrected chi connectivity index (χ4v) is 3.70. The molecule has 0 aliphatic carbocycles. The maximum absolute atomic E-state index is 12.8. The molecule has 1 aliphatic heterocycles. The van der Waals surface area contributed by atoms with Gasteiger partial charge in [0, 0.05) is 31.2 Å². The largest absolute Gasteiger partial charge is 0.342 e. The molecule has 5 nitrogen and oxygen atoms in total. The topological polar surface area (TPSA) is 52.7 Å². The van der Waals surface area contributed by atoms with E-state index in [0.29, 0.717) is 45.6 Å². The summed E-state index contributed by atoms with van der Waals surface area (Å²) in [6.07, 6.45) is 6.87. The molecule has 0 radical (unpaired) electrons. The third-order valence-electron chi connectivity index (χ3n) is 5.46. The van der Waals surface area contributed by atoms with E-state index >= 15 is 0 Å². The molecule has 30 heavy (non-hydrogen) atoms. The van der Waals surface area contributed by atoms with Crippen molar-refractivity contribution in [2.75, 3.05) is 31.5 Å². The van der Waals surface area contributed by atoms with Gasteiger partial charge >= 0.3 is 0 Å². The lowest BCUT2D eigenvalue weighted by Crippen LogP contribution is -2.45. The molecule has 1 heterocycles. The van der Waals surface area contributed by atoms with Gasteiger partial charge in [-0.25, -0.2) is 0 Å². The van der Waals surface area contributed by atoms with Gasteiger partial charge in [0.05, 0.1) is 13.1 Å². The number of anilines is 1. The van der Waals surface area contributed by atoms with Crippen molar-refractivity contribution in [1.29, 1.82) is 0 Å². The molecule has 1 saturated heterocycles. The molecule has 2 aromatic carbocycles. The van der Waals surface area contributed by atoms with Gasteiger partial charge in [-0.2, -0.15) is 0 Å². The number of rotatable bonds is 7. The van der Waals surface area contributed by atoms with Gasteiger partial charge < -0.3 is 10.2 Å². The summed E-state index contributed by atoms with van der Waals surface area (Å²) in [5, 5.41) is 2.96. The molecule has 156 valence electrons. The highest BCUT2D eigenvalue weighted by atomic mass is 16.2. The van der Waals surface area contributed by atoms with E-state index in [2.05, 4.69) is 42.4 Å². The van der Waals surface area contributed by atoms with E-state index < -0.39 is 0 Å². The summed E-state index contributed by atoms with van der Waals surface area (Å²) in [6.45, 7) is 4.61. The van der Waals surface area contributed by atoms with Gasteiger partial charge in [-0.3, -0.25) is 14.5 Å². The lowest BCUT2D eigenvalue weighted by molar-refractivity contribution is -0.135. The van der Waals surface area contributed by atoms with E-state index in [1.54, 1.807) is 0 Å². The van der Waals surface area contributed by atoms with Gasteiger partial charge in [0.2, 0.25) is 11.8 Å². The van der Waals surface area contributed by atoms with Crippen LogP contribution in [-0.4, -0.2) is 47.8 Å². The third-order valence-corrected chi connectivity index (χ3v) is 5.46. The van der Waals surface area contributed by atoms with E-state index in [4.69, 9.17) is 6.42 Å². The Labute approximate surface area is 179 Å². The van der Waals surface area contributed by atoms with Gasteiger partial charge in [-0.05, 0) is 37.5 Å². The Kier molecular flexibility index (Phi) is 7.64. The zero-order valence-corrected chi connectivity index (χ0v) is 17.5. The summed E-state index contributed by atoms with van der Waals surface area (Å²) < 4.78 is 0. The van der Waals surface area contributed by atoms with E-state index in [1.807, 2.05) is 40.1 Å². The van der Waals surface area contributed by atoms with Crippen LogP contribution in [0.2, 0.25) is 0 Å². The molecule has 3 rings (SSSR count). The highest BCUT2D eigenvalue weighted by Crippen LogP contribution is 2.20. The van der Waals surface area contributed by atoms with E-state index in [0.717, 1.165) is 11.3 Å². The summed E-state index contributed by atoms with van der Waals surface area (Å²) in [5.41, 5.74) is 3.15. The number of para-hydroxylation sites is 1. The van der Waals surface area contributed by atoms with Crippen LogP contribution in [0.25, 0.3) is 0 Å². The first-order chi connectivity index (χ1) is 14.5. The van der Waals surface area contributed by atoms with Gasteiger partial charge in [0.25, 0.3) is 0 Å². The maximum Gasteiger partial charge on any atom is 0.236 e. The number of piperidine rings is 1. The van der Waals surface area contributed by atoms with Gasteiger partial charge in [-0.1, -0.05) is 53.9 Å². The first-order valence-electron chi connectivity index (χ1n) is 10.4. The van der Waals surface area contributed by atoms with Crippen molar-refractivity contribution in [1.82, 2.24) is 9.80 Å². The zero-order chi connectivity index (χ0) is 21.3. The van der Waals surface area contributed by atoms with Crippen LogP contribution >= 0.6 is 0 Å². The second-order valence-corrected chi connectivity index (χ2v) is 7.85. The van der Waals surface area contributed by atoms with Crippen LogP contribution in [0.1, 0.15) is 24.0 Å². The molecule has 1 N–H and O–H groups in total. The zero-order valence-electron chi connectivity index (χ0n) is 17.5. The van der Waals surface area contributed by atoms with Crippen molar-refractivity contribution in [3.8, 4) is 12.3 Å². The average Bonchev–Trinajstić information content (AvgIpc) is 2.76. The molecule has 5 heteroatoms. The minimum atomic E-state index is -0.0661. The normalized spacial score (nSPS) is 14.4.